The Kier molecular flexibility index (Phi) is 6.39. The quantitative estimate of drug-likeness (QED) is 0.726. The van der Waals surface area contributed by atoms with Gasteiger partial charge in [0.2, 0.25) is 5.91 Å². The van der Waals surface area contributed by atoms with Crippen LogP contribution in [0.15, 0.2) is 33.3 Å². The number of rotatable bonds is 5. The van der Waals surface area contributed by atoms with Crippen LogP contribution in [0.1, 0.15) is 34.6 Å². The zero-order chi connectivity index (χ0) is 19.6. The van der Waals surface area contributed by atoms with Crippen molar-refractivity contribution in [3.8, 4) is 0 Å². The summed E-state index contributed by atoms with van der Waals surface area (Å²) in [6, 6.07) is 4.02. The summed E-state index contributed by atoms with van der Waals surface area (Å²) in [6.45, 7) is 8.96. The highest BCUT2D eigenvalue weighted by molar-refractivity contribution is 9.10. The fourth-order valence-electron chi connectivity index (χ4n) is 2.33. The molecule has 1 heterocycles. The molecule has 1 aromatic carbocycles. The van der Waals surface area contributed by atoms with Gasteiger partial charge in [0.15, 0.2) is 6.73 Å². The van der Waals surface area contributed by atoms with Gasteiger partial charge < -0.3 is 10.1 Å². The average molecular weight is 445 g/mol. The number of halogens is 2. The van der Waals surface area contributed by atoms with Crippen LogP contribution in [0.2, 0.25) is 0 Å². The molecule has 0 aliphatic carbocycles. The SMILES string of the molecule is CC1=C(SC(C)C)C(=O)N(C(C)(C)C(=O)Nc2cc(F)ccc2Br)CO1. The maximum Gasteiger partial charge on any atom is 0.267 e. The molecule has 8 heteroatoms. The predicted molar refractivity (Wildman–Crippen MR) is 105 cm³/mol. The summed E-state index contributed by atoms with van der Waals surface area (Å²) >= 11 is 4.69. The third-order valence-corrected chi connectivity index (χ3v) is 5.79. The van der Waals surface area contributed by atoms with Gasteiger partial charge in [-0.25, -0.2) is 4.39 Å². The van der Waals surface area contributed by atoms with Crippen LogP contribution in [0, 0.1) is 5.82 Å². The van der Waals surface area contributed by atoms with E-state index in [-0.39, 0.29) is 17.9 Å². The Morgan fingerprint density at radius 3 is 2.69 bits per heavy atom. The number of ether oxygens (including phenoxy) is 1. The Bertz CT molecular complexity index is 765. The molecule has 2 amide bonds. The van der Waals surface area contributed by atoms with Gasteiger partial charge in [-0.2, -0.15) is 0 Å². The number of nitrogens with one attached hydrogen (secondary N) is 1. The fraction of sp³-hybridized carbons (Fsp3) is 0.444. The number of allylic oxidation sites excluding steroid dienone is 1. The van der Waals surface area contributed by atoms with Crippen molar-refractivity contribution in [1.29, 1.82) is 0 Å². The van der Waals surface area contributed by atoms with E-state index in [4.69, 9.17) is 4.74 Å². The standard InChI is InChI=1S/C18H22BrFN2O3S/c1-10(2)26-15-11(3)25-9-22(16(15)23)18(4,5)17(24)21-14-8-12(20)6-7-13(14)19/h6-8,10H,9H2,1-5H3,(H,21,24). The molecular formula is C18H22BrFN2O3S. The van der Waals surface area contributed by atoms with Crippen LogP contribution in [-0.4, -0.2) is 34.2 Å². The molecule has 0 saturated heterocycles. The second-order valence-electron chi connectivity index (χ2n) is 6.70. The second-order valence-corrected chi connectivity index (χ2v) is 9.14. The van der Waals surface area contributed by atoms with Crippen molar-refractivity contribution in [2.45, 2.75) is 45.4 Å². The second kappa shape index (κ2) is 8.00. The Hall–Kier alpha value is -1.54. The predicted octanol–water partition coefficient (Wildman–Crippen LogP) is 4.49. The van der Waals surface area contributed by atoms with Gasteiger partial charge in [0.1, 0.15) is 22.0 Å². The lowest BCUT2D eigenvalue weighted by atomic mass is 10.0. The first-order valence-corrected chi connectivity index (χ1v) is 9.80. The van der Waals surface area contributed by atoms with Crippen molar-refractivity contribution < 1.29 is 18.7 Å². The lowest BCUT2D eigenvalue weighted by Gasteiger charge is -2.40. The fourth-order valence-corrected chi connectivity index (χ4v) is 3.59. The molecule has 26 heavy (non-hydrogen) atoms. The first-order chi connectivity index (χ1) is 12.0. The summed E-state index contributed by atoms with van der Waals surface area (Å²) in [5.74, 6) is -0.581. The van der Waals surface area contributed by atoms with E-state index in [9.17, 15) is 14.0 Å². The molecule has 0 saturated carbocycles. The number of carbonyl (C=O) groups is 2. The van der Waals surface area contributed by atoms with Gasteiger partial charge >= 0.3 is 0 Å². The highest BCUT2D eigenvalue weighted by atomic mass is 79.9. The van der Waals surface area contributed by atoms with Crippen LogP contribution < -0.4 is 5.32 Å². The number of anilines is 1. The van der Waals surface area contributed by atoms with Gasteiger partial charge in [-0.3, -0.25) is 14.5 Å². The summed E-state index contributed by atoms with van der Waals surface area (Å²) in [5.41, 5.74) is -0.885. The summed E-state index contributed by atoms with van der Waals surface area (Å²) in [7, 11) is 0. The maximum absolute atomic E-state index is 13.5. The molecule has 0 bridgehead atoms. The van der Waals surface area contributed by atoms with E-state index in [2.05, 4.69) is 21.2 Å². The number of benzene rings is 1. The smallest absolute Gasteiger partial charge is 0.267 e. The van der Waals surface area contributed by atoms with Crippen molar-refractivity contribution >= 4 is 45.2 Å². The molecule has 1 N–H and O–H groups in total. The van der Waals surface area contributed by atoms with Gasteiger partial charge in [0.05, 0.1) is 5.69 Å². The molecule has 1 aliphatic rings. The topological polar surface area (TPSA) is 58.6 Å². The van der Waals surface area contributed by atoms with E-state index in [1.807, 2.05) is 13.8 Å². The zero-order valence-electron chi connectivity index (χ0n) is 15.4. The molecule has 0 aromatic heterocycles. The van der Waals surface area contributed by atoms with Gasteiger partial charge in [0.25, 0.3) is 5.91 Å². The molecule has 0 radical (unpaired) electrons. The minimum absolute atomic E-state index is 0.0163. The van der Waals surface area contributed by atoms with Gasteiger partial charge in [-0.1, -0.05) is 13.8 Å². The van der Waals surface area contributed by atoms with E-state index >= 15 is 0 Å². The minimum Gasteiger partial charge on any atom is -0.476 e. The minimum atomic E-state index is -1.19. The number of hydrogen-bond donors (Lipinski definition) is 1. The van der Waals surface area contributed by atoms with Crippen LogP contribution >= 0.6 is 27.7 Å². The third kappa shape index (κ3) is 4.40. The summed E-state index contributed by atoms with van der Waals surface area (Å²) < 4.78 is 19.6. The highest BCUT2D eigenvalue weighted by Gasteiger charge is 2.42. The first kappa shape index (κ1) is 20.8. The summed E-state index contributed by atoms with van der Waals surface area (Å²) in [6.07, 6.45) is 0. The molecule has 1 aliphatic heterocycles. The Morgan fingerprint density at radius 2 is 2.08 bits per heavy atom. The van der Waals surface area contributed by atoms with Gasteiger partial charge in [0, 0.05) is 9.72 Å². The largest absolute Gasteiger partial charge is 0.476 e. The monoisotopic (exact) mass is 444 g/mol. The van der Waals surface area contributed by atoms with Crippen molar-refractivity contribution in [2.24, 2.45) is 0 Å². The maximum atomic E-state index is 13.5. The molecule has 142 valence electrons. The summed E-state index contributed by atoms with van der Waals surface area (Å²) in [4.78, 5) is 27.6. The molecule has 0 spiro atoms. The third-order valence-electron chi connectivity index (χ3n) is 3.93. The number of amides is 2. The highest BCUT2D eigenvalue weighted by Crippen LogP contribution is 2.34. The van der Waals surface area contributed by atoms with Crippen molar-refractivity contribution in [3.05, 3.63) is 39.2 Å². The molecule has 0 fully saturated rings. The van der Waals surface area contributed by atoms with Crippen molar-refractivity contribution in [2.75, 3.05) is 12.0 Å². The van der Waals surface area contributed by atoms with Crippen molar-refractivity contribution in [1.82, 2.24) is 4.90 Å². The van der Waals surface area contributed by atoms with Crippen LogP contribution in [0.5, 0.6) is 0 Å². The first-order valence-electron chi connectivity index (χ1n) is 8.13. The van der Waals surface area contributed by atoms with Crippen LogP contribution in [-0.2, 0) is 14.3 Å². The molecule has 5 nitrogen and oxygen atoms in total. The van der Waals surface area contributed by atoms with E-state index in [0.717, 1.165) is 0 Å². The molecule has 2 rings (SSSR count). The van der Waals surface area contributed by atoms with Gasteiger partial charge in [-0.15, -0.1) is 11.8 Å². The molecule has 1 aromatic rings. The lowest BCUT2D eigenvalue weighted by Crippen LogP contribution is -2.57. The number of hydrogen-bond acceptors (Lipinski definition) is 4. The normalized spacial score (nSPS) is 15.4. The average Bonchev–Trinajstić information content (AvgIpc) is 2.54. The summed E-state index contributed by atoms with van der Waals surface area (Å²) in [5, 5.41) is 2.88. The van der Waals surface area contributed by atoms with Crippen LogP contribution in [0.3, 0.4) is 0 Å². The number of nitrogens with zero attached hydrogens (tertiary/aromatic N) is 1. The Labute approximate surface area is 165 Å². The van der Waals surface area contributed by atoms with E-state index in [0.29, 0.717) is 20.8 Å². The number of thioether (sulfide) groups is 1. The lowest BCUT2D eigenvalue weighted by molar-refractivity contribution is -0.148. The zero-order valence-corrected chi connectivity index (χ0v) is 17.8. The van der Waals surface area contributed by atoms with E-state index in [1.165, 1.54) is 34.9 Å². The Morgan fingerprint density at radius 1 is 1.42 bits per heavy atom. The van der Waals surface area contributed by atoms with Crippen LogP contribution in [0.25, 0.3) is 0 Å². The molecular weight excluding hydrogens is 423 g/mol. The molecule has 0 atom stereocenters. The van der Waals surface area contributed by atoms with Crippen LogP contribution in [0.4, 0.5) is 10.1 Å². The van der Waals surface area contributed by atoms with Gasteiger partial charge in [-0.05, 0) is 54.9 Å². The van der Waals surface area contributed by atoms with Crippen molar-refractivity contribution in [3.63, 3.8) is 0 Å². The van der Waals surface area contributed by atoms with E-state index in [1.54, 1.807) is 20.8 Å². The Balaban J connectivity index is 2.24. The number of carbonyl (C=O) groups excluding carboxylic acids is 2. The van der Waals surface area contributed by atoms with E-state index < -0.39 is 17.3 Å². The molecule has 0 unspecified atom stereocenters.